The van der Waals surface area contributed by atoms with Gasteiger partial charge >= 0.3 is 0 Å². The Hall–Kier alpha value is -1.73. The Morgan fingerprint density at radius 3 is 2.44 bits per heavy atom. The fraction of sp³-hybridized carbons (Fsp3) is 0.500. The van der Waals surface area contributed by atoms with Gasteiger partial charge in [-0.15, -0.1) is 0 Å². The number of benzene rings is 1. The van der Waals surface area contributed by atoms with Crippen molar-refractivity contribution in [3.05, 3.63) is 23.8 Å². The van der Waals surface area contributed by atoms with Crippen molar-refractivity contribution in [3.63, 3.8) is 0 Å². The Morgan fingerprint density at radius 1 is 1.28 bits per heavy atom. The Bertz CT molecular complexity index is 450. The summed E-state index contributed by atoms with van der Waals surface area (Å²) in [4.78, 5) is 1.98. The van der Waals surface area contributed by atoms with Gasteiger partial charge in [0.25, 0.3) is 0 Å². The van der Waals surface area contributed by atoms with Gasteiger partial charge in [-0.2, -0.15) is 5.26 Å². The molecule has 0 fully saturated rings. The summed E-state index contributed by atoms with van der Waals surface area (Å²) in [5.74, 6) is 1.53. The minimum absolute atomic E-state index is 0.509. The van der Waals surface area contributed by atoms with Gasteiger partial charge in [-0.05, 0) is 27.0 Å². The van der Waals surface area contributed by atoms with Gasteiger partial charge in [0.05, 0.1) is 20.3 Å². The fourth-order valence-corrected chi connectivity index (χ4v) is 1.52. The quantitative estimate of drug-likeness (QED) is 0.803. The molecule has 0 bridgehead atoms. The molecule has 0 aliphatic heterocycles. The lowest BCUT2D eigenvalue weighted by atomic mass is 10.0. The van der Waals surface area contributed by atoms with Gasteiger partial charge in [0.1, 0.15) is 17.0 Å². The summed E-state index contributed by atoms with van der Waals surface area (Å²) in [5, 5.41) is 9.11. The molecule has 0 amide bonds. The highest BCUT2D eigenvalue weighted by molar-refractivity contribution is 5.40. The lowest BCUT2D eigenvalue weighted by Crippen LogP contribution is -2.39. The molecule has 0 aliphatic carbocycles. The van der Waals surface area contributed by atoms with Crippen molar-refractivity contribution in [2.75, 3.05) is 21.3 Å². The largest absolute Gasteiger partial charge is 0.497 e. The van der Waals surface area contributed by atoms with Crippen LogP contribution in [0.2, 0.25) is 0 Å². The Labute approximate surface area is 109 Å². The van der Waals surface area contributed by atoms with E-state index in [1.54, 1.807) is 14.2 Å². The molecule has 98 valence electrons. The maximum atomic E-state index is 9.11. The molecule has 1 rings (SSSR count). The van der Waals surface area contributed by atoms with Crippen LogP contribution in [-0.4, -0.2) is 31.7 Å². The predicted octanol–water partition coefficient (Wildman–Crippen LogP) is 2.44. The zero-order chi connectivity index (χ0) is 13.8. The molecule has 0 N–H and O–H groups in total. The molecule has 0 atom stereocenters. The summed E-state index contributed by atoms with van der Waals surface area (Å²) in [7, 11) is 5.18. The molecular weight excluding hydrogens is 228 g/mol. The van der Waals surface area contributed by atoms with E-state index in [1.807, 2.05) is 44.0 Å². The summed E-state index contributed by atoms with van der Waals surface area (Å²) < 4.78 is 10.5. The number of hydrogen-bond donors (Lipinski definition) is 0. The molecule has 0 spiro atoms. The standard InChI is InChI=1S/C14H20N2O2/c1-14(2,10-15)16(3)9-11-6-7-12(17-4)8-13(11)18-5/h6-8H,9H2,1-5H3. The third-order valence-electron chi connectivity index (χ3n) is 3.13. The lowest BCUT2D eigenvalue weighted by molar-refractivity contribution is 0.200. The third-order valence-corrected chi connectivity index (χ3v) is 3.13. The van der Waals surface area contributed by atoms with E-state index in [0.717, 1.165) is 17.1 Å². The summed E-state index contributed by atoms with van der Waals surface area (Å²) in [6.45, 7) is 4.43. The first-order chi connectivity index (χ1) is 8.44. The normalized spacial score (nSPS) is 11.2. The highest BCUT2D eigenvalue weighted by Gasteiger charge is 2.23. The number of ether oxygens (including phenoxy) is 2. The molecule has 0 saturated heterocycles. The Morgan fingerprint density at radius 2 is 1.94 bits per heavy atom. The molecular formula is C14H20N2O2. The number of nitrogens with zero attached hydrogens (tertiary/aromatic N) is 2. The van der Waals surface area contributed by atoms with Crippen molar-refractivity contribution >= 4 is 0 Å². The van der Waals surface area contributed by atoms with E-state index < -0.39 is 5.54 Å². The minimum Gasteiger partial charge on any atom is -0.497 e. The predicted molar refractivity (Wildman–Crippen MR) is 70.7 cm³/mol. The van der Waals surface area contributed by atoms with E-state index in [0.29, 0.717) is 6.54 Å². The van der Waals surface area contributed by atoms with Gasteiger partial charge in [-0.1, -0.05) is 6.07 Å². The van der Waals surface area contributed by atoms with Crippen LogP contribution in [0.3, 0.4) is 0 Å². The number of hydrogen-bond acceptors (Lipinski definition) is 4. The topological polar surface area (TPSA) is 45.5 Å². The van der Waals surface area contributed by atoms with Gasteiger partial charge in [-0.25, -0.2) is 0 Å². The van der Waals surface area contributed by atoms with Gasteiger partial charge < -0.3 is 9.47 Å². The van der Waals surface area contributed by atoms with Gasteiger partial charge in [0.15, 0.2) is 0 Å². The lowest BCUT2D eigenvalue weighted by Gasteiger charge is -2.29. The highest BCUT2D eigenvalue weighted by Crippen LogP contribution is 2.27. The third kappa shape index (κ3) is 3.14. The molecule has 1 aromatic carbocycles. The van der Waals surface area contributed by atoms with E-state index >= 15 is 0 Å². The Balaban J connectivity index is 2.95. The first kappa shape index (κ1) is 14.3. The summed E-state index contributed by atoms with van der Waals surface area (Å²) in [6, 6.07) is 7.99. The molecule has 0 saturated carbocycles. The van der Waals surface area contributed by atoms with Crippen LogP contribution in [0.5, 0.6) is 11.5 Å². The second kappa shape index (κ2) is 5.74. The van der Waals surface area contributed by atoms with Gasteiger partial charge in [0.2, 0.25) is 0 Å². The van der Waals surface area contributed by atoms with Crippen molar-refractivity contribution in [1.82, 2.24) is 4.90 Å². The molecule has 1 aromatic rings. The smallest absolute Gasteiger partial charge is 0.127 e. The van der Waals surface area contributed by atoms with Gasteiger partial charge in [-0.3, -0.25) is 4.90 Å². The molecule has 0 heterocycles. The van der Waals surface area contributed by atoms with E-state index in [-0.39, 0.29) is 0 Å². The SMILES string of the molecule is COc1ccc(CN(C)C(C)(C)C#N)c(OC)c1. The number of nitriles is 1. The van der Waals surface area contributed by atoms with Gasteiger partial charge in [0, 0.05) is 18.2 Å². The van der Waals surface area contributed by atoms with Crippen molar-refractivity contribution in [2.24, 2.45) is 0 Å². The molecule has 0 aliphatic rings. The maximum Gasteiger partial charge on any atom is 0.127 e. The average molecular weight is 248 g/mol. The zero-order valence-corrected chi connectivity index (χ0v) is 11.7. The van der Waals surface area contributed by atoms with E-state index in [4.69, 9.17) is 14.7 Å². The zero-order valence-electron chi connectivity index (χ0n) is 11.7. The van der Waals surface area contributed by atoms with Crippen LogP contribution in [0, 0.1) is 11.3 Å². The number of methoxy groups -OCH3 is 2. The second-order valence-corrected chi connectivity index (χ2v) is 4.70. The first-order valence-corrected chi connectivity index (χ1v) is 5.78. The molecule has 0 unspecified atom stereocenters. The second-order valence-electron chi connectivity index (χ2n) is 4.70. The van der Waals surface area contributed by atoms with Crippen LogP contribution in [0.15, 0.2) is 18.2 Å². The van der Waals surface area contributed by atoms with Crippen molar-refractivity contribution in [1.29, 1.82) is 5.26 Å². The van der Waals surface area contributed by atoms with Crippen LogP contribution in [0.4, 0.5) is 0 Å². The highest BCUT2D eigenvalue weighted by atomic mass is 16.5. The van der Waals surface area contributed by atoms with Crippen molar-refractivity contribution in [3.8, 4) is 17.6 Å². The first-order valence-electron chi connectivity index (χ1n) is 5.78. The van der Waals surface area contributed by atoms with E-state index in [1.165, 1.54) is 0 Å². The van der Waals surface area contributed by atoms with Crippen LogP contribution < -0.4 is 9.47 Å². The van der Waals surface area contributed by atoms with Crippen LogP contribution >= 0.6 is 0 Å². The van der Waals surface area contributed by atoms with Crippen molar-refractivity contribution in [2.45, 2.75) is 25.9 Å². The van der Waals surface area contributed by atoms with Crippen LogP contribution in [-0.2, 0) is 6.54 Å². The molecule has 4 heteroatoms. The summed E-state index contributed by atoms with van der Waals surface area (Å²) >= 11 is 0. The van der Waals surface area contributed by atoms with E-state index in [2.05, 4.69) is 6.07 Å². The molecule has 0 radical (unpaired) electrons. The monoisotopic (exact) mass is 248 g/mol. The maximum absolute atomic E-state index is 9.11. The number of rotatable bonds is 5. The summed E-state index contributed by atoms with van der Waals surface area (Å²) in [5.41, 5.74) is 0.523. The van der Waals surface area contributed by atoms with Crippen LogP contribution in [0.1, 0.15) is 19.4 Å². The average Bonchev–Trinajstić information content (AvgIpc) is 2.38. The summed E-state index contributed by atoms with van der Waals surface area (Å²) in [6.07, 6.45) is 0. The molecule has 4 nitrogen and oxygen atoms in total. The Kier molecular flexibility index (Phi) is 4.57. The fourth-order valence-electron chi connectivity index (χ4n) is 1.52. The van der Waals surface area contributed by atoms with E-state index in [9.17, 15) is 0 Å². The minimum atomic E-state index is -0.509. The van der Waals surface area contributed by atoms with Crippen LogP contribution in [0.25, 0.3) is 0 Å². The molecule has 18 heavy (non-hydrogen) atoms. The van der Waals surface area contributed by atoms with Crippen molar-refractivity contribution < 1.29 is 9.47 Å². The molecule has 0 aromatic heterocycles.